The lowest BCUT2D eigenvalue weighted by atomic mass is 10.0. The first-order valence-electron chi connectivity index (χ1n) is 8.39. The monoisotopic (exact) mass is 319 g/mol. The van der Waals surface area contributed by atoms with Crippen molar-refractivity contribution in [1.82, 2.24) is 10.6 Å². The molecule has 1 fully saturated rings. The van der Waals surface area contributed by atoms with E-state index in [1.807, 2.05) is 45.0 Å². The number of carbonyl (C=O) groups excluding carboxylic acids is 1. The van der Waals surface area contributed by atoms with Crippen LogP contribution in [0.4, 0.5) is 10.5 Å². The third-order valence-electron chi connectivity index (χ3n) is 4.18. The number of nitrogens with one attached hydrogen (secondary N) is 2. The average Bonchev–Trinajstić information content (AvgIpc) is 2.90. The van der Waals surface area contributed by atoms with Gasteiger partial charge in [0.1, 0.15) is 5.60 Å². The Morgan fingerprint density at radius 3 is 2.74 bits per heavy atom. The van der Waals surface area contributed by atoms with E-state index in [0.29, 0.717) is 18.5 Å². The molecule has 0 heterocycles. The van der Waals surface area contributed by atoms with Crippen molar-refractivity contribution in [3.8, 4) is 0 Å². The summed E-state index contributed by atoms with van der Waals surface area (Å²) in [5.41, 5.74) is 7.47. The Morgan fingerprint density at radius 1 is 1.30 bits per heavy atom. The van der Waals surface area contributed by atoms with Crippen LogP contribution >= 0.6 is 0 Å². The second-order valence-electron chi connectivity index (χ2n) is 7.26. The van der Waals surface area contributed by atoms with Gasteiger partial charge in [-0.25, -0.2) is 4.79 Å². The minimum Gasteiger partial charge on any atom is -0.444 e. The van der Waals surface area contributed by atoms with Gasteiger partial charge in [-0.05, 0) is 51.2 Å². The normalized spacial score (nSPS) is 21.2. The van der Waals surface area contributed by atoms with E-state index in [4.69, 9.17) is 10.5 Å². The largest absolute Gasteiger partial charge is 0.444 e. The van der Waals surface area contributed by atoms with Crippen LogP contribution in [-0.2, 0) is 11.3 Å². The summed E-state index contributed by atoms with van der Waals surface area (Å²) < 4.78 is 5.29. The number of para-hydroxylation sites is 1. The Morgan fingerprint density at radius 2 is 2.04 bits per heavy atom. The molecule has 2 rings (SSSR count). The van der Waals surface area contributed by atoms with Gasteiger partial charge >= 0.3 is 6.09 Å². The van der Waals surface area contributed by atoms with Crippen molar-refractivity contribution in [3.63, 3.8) is 0 Å². The molecule has 1 aromatic carbocycles. The molecule has 1 aliphatic rings. The molecule has 1 saturated carbocycles. The van der Waals surface area contributed by atoms with E-state index in [0.717, 1.165) is 30.6 Å². The van der Waals surface area contributed by atoms with Crippen LogP contribution in [0.25, 0.3) is 0 Å². The van der Waals surface area contributed by atoms with Crippen molar-refractivity contribution in [2.75, 3.05) is 12.3 Å². The summed E-state index contributed by atoms with van der Waals surface area (Å²) in [6.45, 7) is 7.03. The van der Waals surface area contributed by atoms with Crippen molar-refractivity contribution < 1.29 is 9.53 Å². The number of hydrogen-bond acceptors (Lipinski definition) is 4. The molecule has 2 atom stereocenters. The molecular formula is C18H29N3O2. The molecule has 1 aliphatic carbocycles. The fourth-order valence-electron chi connectivity index (χ4n) is 3.01. The summed E-state index contributed by atoms with van der Waals surface area (Å²) >= 11 is 0. The van der Waals surface area contributed by atoms with Crippen LogP contribution in [0.15, 0.2) is 24.3 Å². The molecule has 0 aromatic heterocycles. The van der Waals surface area contributed by atoms with Gasteiger partial charge in [0, 0.05) is 24.8 Å². The van der Waals surface area contributed by atoms with Crippen molar-refractivity contribution >= 4 is 11.8 Å². The number of anilines is 1. The maximum absolute atomic E-state index is 11.8. The number of nitrogens with two attached hydrogens (primary N) is 1. The number of ether oxygens (including phenoxy) is 1. The van der Waals surface area contributed by atoms with E-state index in [9.17, 15) is 4.79 Å². The molecule has 0 bridgehead atoms. The topological polar surface area (TPSA) is 76.4 Å². The predicted octanol–water partition coefficient (Wildman–Crippen LogP) is 3.05. The highest BCUT2D eigenvalue weighted by molar-refractivity contribution is 5.67. The van der Waals surface area contributed by atoms with E-state index in [1.165, 1.54) is 6.42 Å². The van der Waals surface area contributed by atoms with E-state index in [1.54, 1.807) is 0 Å². The molecule has 0 aliphatic heterocycles. The minimum atomic E-state index is -0.456. The first kappa shape index (κ1) is 17.6. The first-order chi connectivity index (χ1) is 10.8. The summed E-state index contributed by atoms with van der Waals surface area (Å²) in [6, 6.07) is 8.33. The zero-order valence-electron chi connectivity index (χ0n) is 14.4. The minimum absolute atomic E-state index is 0.338. The van der Waals surface area contributed by atoms with E-state index in [-0.39, 0.29) is 6.09 Å². The Bertz CT molecular complexity index is 525. The molecule has 5 heteroatoms. The van der Waals surface area contributed by atoms with Crippen molar-refractivity contribution in [3.05, 3.63) is 29.8 Å². The molecule has 0 radical (unpaired) electrons. The second-order valence-corrected chi connectivity index (χ2v) is 7.26. The number of amides is 1. The smallest absolute Gasteiger partial charge is 0.407 e. The Balaban J connectivity index is 1.79. The highest BCUT2D eigenvalue weighted by Gasteiger charge is 2.27. The molecule has 2 unspecified atom stereocenters. The van der Waals surface area contributed by atoms with Gasteiger partial charge < -0.3 is 21.1 Å². The fraction of sp³-hybridized carbons (Fsp3) is 0.611. The van der Waals surface area contributed by atoms with Crippen LogP contribution in [0.5, 0.6) is 0 Å². The number of carbonyl (C=O) groups is 1. The second kappa shape index (κ2) is 7.68. The van der Waals surface area contributed by atoms with Gasteiger partial charge in [0.15, 0.2) is 0 Å². The van der Waals surface area contributed by atoms with Gasteiger partial charge in [-0.3, -0.25) is 0 Å². The molecule has 23 heavy (non-hydrogen) atoms. The molecule has 1 aromatic rings. The maximum atomic E-state index is 11.8. The number of alkyl carbamates (subject to hydrolysis) is 1. The molecule has 0 spiro atoms. The van der Waals surface area contributed by atoms with Gasteiger partial charge in [0.25, 0.3) is 0 Å². The Labute approximate surface area is 139 Å². The lowest BCUT2D eigenvalue weighted by Crippen LogP contribution is -2.40. The van der Waals surface area contributed by atoms with Crippen molar-refractivity contribution in [1.29, 1.82) is 0 Å². The highest BCUT2D eigenvalue weighted by Crippen LogP contribution is 2.26. The zero-order chi connectivity index (χ0) is 16.9. The van der Waals surface area contributed by atoms with Gasteiger partial charge in [-0.1, -0.05) is 24.6 Å². The third-order valence-corrected chi connectivity index (χ3v) is 4.18. The Hall–Kier alpha value is -1.75. The summed E-state index contributed by atoms with van der Waals surface area (Å²) in [6.07, 6.45) is 3.10. The van der Waals surface area contributed by atoms with E-state index >= 15 is 0 Å². The lowest BCUT2D eigenvalue weighted by Gasteiger charge is -2.24. The van der Waals surface area contributed by atoms with Crippen LogP contribution in [0.1, 0.15) is 45.6 Å². The van der Waals surface area contributed by atoms with E-state index < -0.39 is 5.60 Å². The lowest BCUT2D eigenvalue weighted by molar-refractivity contribution is 0.0517. The molecular weight excluding hydrogens is 290 g/mol. The van der Waals surface area contributed by atoms with Crippen molar-refractivity contribution in [2.45, 2.75) is 58.2 Å². The molecule has 4 N–H and O–H groups in total. The van der Waals surface area contributed by atoms with Crippen LogP contribution in [0.3, 0.4) is 0 Å². The van der Waals surface area contributed by atoms with Crippen LogP contribution < -0.4 is 16.4 Å². The molecule has 0 saturated heterocycles. The molecule has 5 nitrogen and oxygen atoms in total. The summed E-state index contributed by atoms with van der Waals surface area (Å²) in [5.74, 6) is 0.437. The summed E-state index contributed by atoms with van der Waals surface area (Å²) in [4.78, 5) is 11.8. The van der Waals surface area contributed by atoms with Gasteiger partial charge in [-0.2, -0.15) is 0 Å². The third kappa shape index (κ3) is 5.75. The summed E-state index contributed by atoms with van der Waals surface area (Å²) in [5, 5.41) is 6.48. The zero-order valence-corrected chi connectivity index (χ0v) is 14.4. The SMILES string of the molecule is CC(C)(C)OC(=O)NCC1CCCC1NCc1ccccc1N. The average molecular weight is 319 g/mol. The van der Waals surface area contributed by atoms with Crippen LogP contribution in [-0.4, -0.2) is 24.3 Å². The molecule has 128 valence electrons. The fourth-order valence-corrected chi connectivity index (χ4v) is 3.01. The quantitative estimate of drug-likeness (QED) is 0.729. The van der Waals surface area contributed by atoms with Crippen LogP contribution in [0.2, 0.25) is 0 Å². The van der Waals surface area contributed by atoms with E-state index in [2.05, 4.69) is 10.6 Å². The predicted molar refractivity (Wildman–Crippen MR) is 93.1 cm³/mol. The Kier molecular flexibility index (Phi) is 5.88. The number of hydrogen-bond donors (Lipinski definition) is 3. The standard InChI is InChI=1S/C18H29N3O2/c1-18(2,3)23-17(22)21-12-14-8-6-10-16(14)20-11-13-7-4-5-9-15(13)19/h4-5,7,9,14,16,20H,6,8,10-12,19H2,1-3H3,(H,21,22). The number of nitrogen functional groups attached to an aromatic ring is 1. The van der Waals surface area contributed by atoms with Crippen LogP contribution in [0, 0.1) is 5.92 Å². The van der Waals surface area contributed by atoms with Gasteiger partial charge in [-0.15, -0.1) is 0 Å². The molecule has 1 amide bonds. The first-order valence-corrected chi connectivity index (χ1v) is 8.39. The maximum Gasteiger partial charge on any atom is 0.407 e. The highest BCUT2D eigenvalue weighted by atomic mass is 16.6. The number of benzene rings is 1. The number of rotatable bonds is 5. The summed E-state index contributed by atoms with van der Waals surface area (Å²) in [7, 11) is 0. The van der Waals surface area contributed by atoms with Gasteiger partial charge in [0.2, 0.25) is 0 Å². The van der Waals surface area contributed by atoms with Gasteiger partial charge in [0.05, 0.1) is 0 Å². The van der Waals surface area contributed by atoms with Crippen molar-refractivity contribution in [2.24, 2.45) is 5.92 Å².